The van der Waals surface area contributed by atoms with Crippen LogP contribution in [0.25, 0.3) is 0 Å². The number of nitrogens with zero attached hydrogens (tertiary/aromatic N) is 4. The molecule has 3 heterocycles. The first-order chi connectivity index (χ1) is 13.2. The number of carbonyl (C=O) groups excluding carboxylic acids is 1. The van der Waals surface area contributed by atoms with Crippen LogP contribution in [-0.4, -0.2) is 77.9 Å². The van der Waals surface area contributed by atoms with Crippen LogP contribution in [-0.2, 0) is 6.54 Å². The Morgan fingerprint density at radius 1 is 1.04 bits per heavy atom. The van der Waals surface area contributed by atoms with Crippen molar-refractivity contribution < 1.29 is 4.79 Å². The fourth-order valence-corrected chi connectivity index (χ4v) is 3.91. The fourth-order valence-electron chi connectivity index (χ4n) is 3.91. The van der Waals surface area contributed by atoms with Crippen LogP contribution in [0.2, 0.25) is 0 Å². The molecule has 2 aliphatic heterocycles. The summed E-state index contributed by atoms with van der Waals surface area (Å²) in [6.07, 6.45) is 3.59. The molecule has 1 aromatic carbocycles. The smallest absolute Gasteiger partial charge is 0.253 e. The van der Waals surface area contributed by atoms with Gasteiger partial charge in [-0.2, -0.15) is 0 Å². The lowest BCUT2D eigenvalue weighted by molar-refractivity contribution is 0.0190. The van der Waals surface area contributed by atoms with E-state index in [2.05, 4.69) is 27.1 Å². The summed E-state index contributed by atoms with van der Waals surface area (Å²) in [7, 11) is 2.16. The molecule has 1 atom stereocenters. The molecular weight excluding hydrogens is 338 g/mol. The minimum atomic E-state index is 0.142. The maximum absolute atomic E-state index is 12.9. The lowest BCUT2D eigenvalue weighted by Gasteiger charge is -2.46. The largest absolute Gasteiger partial charge is 0.381 e. The second kappa shape index (κ2) is 8.06. The third-order valence-corrected chi connectivity index (χ3v) is 5.56. The topological polar surface area (TPSA) is 51.7 Å². The molecule has 1 aromatic heterocycles. The number of amides is 1. The van der Waals surface area contributed by atoms with E-state index >= 15 is 0 Å². The van der Waals surface area contributed by atoms with Gasteiger partial charge in [0.15, 0.2) is 0 Å². The minimum Gasteiger partial charge on any atom is -0.381 e. The number of nitrogens with one attached hydrogen (secondary N) is 1. The zero-order valence-electron chi connectivity index (χ0n) is 15.8. The van der Waals surface area contributed by atoms with Crippen molar-refractivity contribution in [3.8, 4) is 0 Å². The van der Waals surface area contributed by atoms with E-state index in [9.17, 15) is 4.79 Å². The maximum atomic E-state index is 12.9. The summed E-state index contributed by atoms with van der Waals surface area (Å²) in [4.78, 5) is 23.8. The van der Waals surface area contributed by atoms with Crippen LogP contribution in [0.4, 0.5) is 5.69 Å². The van der Waals surface area contributed by atoms with E-state index in [1.807, 2.05) is 41.3 Å². The van der Waals surface area contributed by atoms with Crippen LogP contribution in [0.3, 0.4) is 0 Å². The number of pyridine rings is 1. The van der Waals surface area contributed by atoms with Crippen molar-refractivity contribution in [2.45, 2.75) is 12.6 Å². The number of fused-ring (bicyclic) bond motifs is 1. The van der Waals surface area contributed by atoms with Gasteiger partial charge in [0.2, 0.25) is 0 Å². The van der Waals surface area contributed by atoms with Gasteiger partial charge in [0, 0.05) is 75.5 Å². The molecule has 142 valence electrons. The summed E-state index contributed by atoms with van der Waals surface area (Å²) in [5.41, 5.74) is 2.96. The van der Waals surface area contributed by atoms with Crippen LogP contribution in [0.1, 0.15) is 15.9 Å². The van der Waals surface area contributed by atoms with E-state index in [1.165, 1.54) is 5.56 Å². The normalized spacial score (nSPS) is 20.9. The number of hydrogen-bond donors (Lipinski definition) is 1. The first-order valence-corrected chi connectivity index (χ1v) is 9.64. The van der Waals surface area contributed by atoms with Crippen molar-refractivity contribution in [3.63, 3.8) is 0 Å². The highest BCUT2D eigenvalue weighted by Crippen LogP contribution is 2.18. The molecule has 4 rings (SSSR count). The van der Waals surface area contributed by atoms with Gasteiger partial charge >= 0.3 is 0 Å². The second-order valence-electron chi connectivity index (χ2n) is 7.49. The maximum Gasteiger partial charge on any atom is 0.253 e. The molecule has 0 aliphatic carbocycles. The Hall–Kier alpha value is -2.44. The molecule has 1 unspecified atom stereocenters. The number of piperazine rings is 2. The fraction of sp³-hybridized carbons (Fsp3) is 0.429. The number of hydrogen-bond acceptors (Lipinski definition) is 5. The van der Waals surface area contributed by atoms with Crippen molar-refractivity contribution in [1.82, 2.24) is 19.7 Å². The Labute approximate surface area is 160 Å². The number of aromatic nitrogens is 1. The minimum absolute atomic E-state index is 0.142. The zero-order valence-corrected chi connectivity index (χ0v) is 15.8. The molecule has 0 radical (unpaired) electrons. The molecule has 2 saturated heterocycles. The number of carbonyl (C=O) groups is 1. The lowest BCUT2D eigenvalue weighted by atomic mass is 10.1. The summed E-state index contributed by atoms with van der Waals surface area (Å²) in [5.74, 6) is 0.142. The lowest BCUT2D eigenvalue weighted by Crippen LogP contribution is -2.62. The van der Waals surface area contributed by atoms with Gasteiger partial charge in [-0.3, -0.25) is 14.7 Å². The Bertz CT molecular complexity index is 764. The van der Waals surface area contributed by atoms with Gasteiger partial charge < -0.3 is 15.1 Å². The first-order valence-electron chi connectivity index (χ1n) is 9.64. The van der Waals surface area contributed by atoms with Crippen molar-refractivity contribution in [3.05, 3.63) is 59.9 Å². The predicted molar refractivity (Wildman–Crippen MR) is 107 cm³/mol. The summed E-state index contributed by atoms with van der Waals surface area (Å²) in [6, 6.07) is 12.3. The first kappa shape index (κ1) is 17.9. The molecule has 27 heavy (non-hydrogen) atoms. The van der Waals surface area contributed by atoms with Crippen LogP contribution < -0.4 is 5.32 Å². The van der Waals surface area contributed by atoms with Crippen molar-refractivity contribution >= 4 is 11.6 Å². The molecule has 1 amide bonds. The SMILES string of the molecule is CN1CCN2CCN(C(=O)c3ccc(NCc4ccncc4)cc3)CC2C1. The standard InChI is InChI=1S/C21H27N5O/c1-24-10-11-25-12-13-26(16-20(25)15-24)21(27)18-2-4-19(5-3-18)23-14-17-6-8-22-9-7-17/h2-9,20,23H,10-16H2,1H3. The van der Waals surface area contributed by atoms with E-state index in [0.29, 0.717) is 6.04 Å². The molecule has 0 spiro atoms. The highest BCUT2D eigenvalue weighted by Gasteiger charge is 2.32. The van der Waals surface area contributed by atoms with E-state index < -0.39 is 0 Å². The third-order valence-electron chi connectivity index (χ3n) is 5.56. The molecule has 6 nitrogen and oxygen atoms in total. The summed E-state index contributed by atoms with van der Waals surface area (Å²) < 4.78 is 0. The molecule has 2 aromatic rings. The summed E-state index contributed by atoms with van der Waals surface area (Å²) in [5, 5.41) is 3.38. The van der Waals surface area contributed by atoms with Crippen molar-refractivity contribution in [2.75, 3.05) is 51.6 Å². The van der Waals surface area contributed by atoms with E-state index in [1.54, 1.807) is 12.4 Å². The number of likely N-dealkylation sites (N-methyl/N-ethyl adjacent to an activating group) is 1. The molecule has 2 aliphatic rings. The third kappa shape index (κ3) is 4.28. The van der Waals surface area contributed by atoms with Gasteiger partial charge in [-0.25, -0.2) is 0 Å². The quantitative estimate of drug-likeness (QED) is 0.895. The van der Waals surface area contributed by atoms with Gasteiger partial charge in [0.25, 0.3) is 5.91 Å². The van der Waals surface area contributed by atoms with Gasteiger partial charge in [0.1, 0.15) is 0 Å². The monoisotopic (exact) mass is 365 g/mol. The molecule has 1 N–H and O–H groups in total. The molecular formula is C21H27N5O. The average Bonchev–Trinajstić information content (AvgIpc) is 2.72. The average molecular weight is 365 g/mol. The highest BCUT2D eigenvalue weighted by atomic mass is 16.2. The summed E-state index contributed by atoms with van der Waals surface area (Å²) >= 11 is 0. The Balaban J connectivity index is 1.35. The Kier molecular flexibility index (Phi) is 5.36. The van der Waals surface area contributed by atoms with Crippen LogP contribution in [0, 0.1) is 0 Å². The molecule has 6 heteroatoms. The number of benzene rings is 1. The predicted octanol–water partition coefficient (Wildman–Crippen LogP) is 1.77. The molecule has 0 saturated carbocycles. The number of rotatable bonds is 4. The van der Waals surface area contributed by atoms with Crippen LogP contribution in [0.15, 0.2) is 48.8 Å². The molecule has 0 bridgehead atoms. The van der Waals surface area contributed by atoms with E-state index in [4.69, 9.17) is 0 Å². The zero-order chi connectivity index (χ0) is 18.6. The highest BCUT2D eigenvalue weighted by molar-refractivity contribution is 5.94. The summed E-state index contributed by atoms with van der Waals surface area (Å²) in [6.45, 7) is 6.65. The van der Waals surface area contributed by atoms with Crippen molar-refractivity contribution in [1.29, 1.82) is 0 Å². The van der Waals surface area contributed by atoms with Gasteiger partial charge in [-0.15, -0.1) is 0 Å². The van der Waals surface area contributed by atoms with Gasteiger partial charge in [0.05, 0.1) is 0 Å². The second-order valence-corrected chi connectivity index (χ2v) is 7.49. The van der Waals surface area contributed by atoms with Gasteiger partial charge in [-0.1, -0.05) is 0 Å². The van der Waals surface area contributed by atoms with E-state index in [0.717, 1.165) is 57.1 Å². The van der Waals surface area contributed by atoms with E-state index in [-0.39, 0.29) is 5.91 Å². The Morgan fingerprint density at radius 2 is 1.78 bits per heavy atom. The number of anilines is 1. The van der Waals surface area contributed by atoms with Crippen LogP contribution in [0.5, 0.6) is 0 Å². The van der Waals surface area contributed by atoms with Crippen LogP contribution >= 0.6 is 0 Å². The van der Waals surface area contributed by atoms with Gasteiger partial charge in [-0.05, 0) is 49.0 Å². The Morgan fingerprint density at radius 3 is 2.56 bits per heavy atom. The van der Waals surface area contributed by atoms with Crippen molar-refractivity contribution in [2.24, 2.45) is 0 Å². The molecule has 2 fully saturated rings.